The zero-order chi connectivity index (χ0) is 16.7. The molecule has 0 saturated heterocycles. The second-order valence-electron chi connectivity index (χ2n) is 6.15. The van der Waals surface area contributed by atoms with E-state index in [1.54, 1.807) is 0 Å². The molecule has 1 aromatic rings. The van der Waals surface area contributed by atoms with Gasteiger partial charge < -0.3 is 10.4 Å². The number of amides is 1. The van der Waals surface area contributed by atoms with Crippen molar-refractivity contribution in [1.82, 2.24) is 5.32 Å². The molecule has 0 spiro atoms. The van der Waals surface area contributed by atoms with Gasteiger partial charge in [0, 0.05) is 5.75 Å². The van der Waals surface area contributed by atoms with Gasteiger partial charge in [-0.05, 0) is 25.3 Å². The van der Waals surface area contributed by atoms with E-state index in [1.807, 2.05) is 37.3 Å². The molecule has 1 amide bonds. The fourth-order valence-electron chi connectivity index (χ4n) is 2.84. The first kappa shape index (κ1) is 17.8. The molecule has 5 heteroatoms. The molecular weight excluding hydrogens is 308 g/mol. The van der Waals surface area contributed by atoms with Crippen LogP contribution in [0, 0.1) is 11.3 Å². The average molecular weight is 332 g/mol. The van der Waals surface area contributed by atoms with E-state index in [4.69, 9.17) is 0 Å². The third-order valence-electron chi connectivity index (χ3n) is 4.34. The van der Waals surface area contributed by atoms with Gasteiger partial charge in [-0.3, -0.25) is 4.79 Å². The van der Waals surface area contributed by atoms with E-state index in [1.165, 1.54) is 11.8 Å². The number of nitrogens with one attached hydrogen (secondary N) is 1. The van der Waals surface area contributed by atoms with Crippen LogP contribution in [0.3, 0.4) is 0 Å². The largest absolute Gasteiger partial charge is 0.388 e. The van der Waals surface area contributed by atoms with Crippen LogP contribution in [0.1, 0.15) is 50.7 Å². The normalized spacial score (nSPS) is 19.3. The zero-order valence-corrected chi connectivity index (χ0v) is 14.3. The molecule has 4 nitrogen and oxygen atoms in total. The number of benzene rings is 1. The van der Waals surface area contributed by atoms with E-state index in [9.17, 15) is 15.2 Å². The fraction of sp³-hybridized carbons (Fsp3) is 0.556. The summed E-state index contributed by atoms with van der Waals surface area (Å²) in [7, 11) is 0. The summed E-state index contributed by atoms with van der Waals surface area (Å²) in [6.45, 7) is 1.83. The summed E-state index contributed by atoms with van der Waals surface area (Å²) in [6.07, 6.45) is 3.99. The molecule has 2 unspecified atom stereocenters. The Bertz CT molecular complexity index is 550. The monoisotopic (exact) mass is 332 g/mol. The number of thioether (sulfide) groups is 1. The van der Waals surface area contributed by atoms with Crippen LogP contribution in [0.25, 0.3) is 0 Å². The molecule has 124 valence electrons. The molecule has 1 aliphatic rings. The van der Waals surface area contributed by atoms with Crippen molar-refractivity contribution in [2.24, 2.45) is 0 Å². The topological polar surface area (TPSA) is 73.1 Å². The number of nitriles is 1. The summed E-state index contributed by atoms with van der Waals surface area (Å²) >= 11 is 1.41. The predicted octanol–water partition coefficient (Wildman–Crippen LogP) is 3.18. The first-order valence-electron chi connectivity index (χ1n) is 8.14. The van der Waals surface area contributed by atoms with Gasteiger partial charge in [0.15, 0.2) is 0 Å². The number of aliphatic hydroxyl groups is 1. The van der Waals surface area contributed by atoms with Crippen molar-refractivity contribution >= 4 is 17.7 Å². The molecule has 0 heterocycles. The summed E-state index contributed by atoms with van der Waals surface area (Å²) in [5, 5.41) is 22.2. The summed E-state index contributed by atoms with van der Waals surface area (Å²) in [5.74, 6) is 0.344. The minimum absolute atomic E-state index is 0.112. The van der Waals surface area contributed by atoms with Gasteiger partial charge in [0.2, 0.25) is 5.91 Å². The number of carbonyl (C=O) groups is 1. The van der Waals surface area contributed by atoms with Crippen LogP contribution in [0.4, 0.5) is 0 Å². The van der Waals surface area contributed by atoms with Crippen molar-refractivity contribution in [2.75, 3.05) is 5.75 Å². The highest BCUT2D eigenvalue weighted by Crippen LogP contribution is 2.28. The summed E-state index contributed by atoms with van der Waals surface area (Å²) < 4.78 is 0. The summed E-state index contributed by atoms with van der Waals surface area (Å²) in [4.78, 5) is 12.4. The zero-order valence-electron chi connectivity index (χ0n) is 13.5. The molecule has 0 aliphatic heterocycles. The average Bonchev–Trinajstić information content (AvgIpc) is 2.60. The second-order valence-corrected chi connectivity index (χ2v) is 7.52. The number of hydrogen-bond donors (Lipinski definition) is 2. The lowest BCUT2D eigenvalue weighted by molar-refractivity contribution is -0.121. The molecule has 2 N–H and O–H groups in total. The van der Waals surface area contributed by atoms with E-state index in [0.29, 0.717) is 5.75 Å². The number of carbonyl (C=O) groups excluding carboxylic acids is 1. The maximum atomic E-state index is 12.4. The highest BCUT2D eigenvalue weighted by molar-refractivity contribution is 8.00. The van der Waals surface area contributed by atoms with Crippen molar-refractivity contribution in [3.05, 3.63) is 35.9 Å². The van der Waals surface area contributed by atoms with Crippen LogP contribution in [-0.4, -0.2) is 27.6 Å². The van der Waals surface area contributed by atoms with E-state index in [0.717, 1.165) is 37.7 Å². The lowest BCUT2D eigenvalue weighted by Crippen LogP contribution is -2.51. The first-order valence-corrected chi connectivity index (χ1v) is 9.19. The lowest BCUT2D eigenvalue weighted by atomic mass is 9.83. The van der Waals surface area contributed by atoms with Gasteiger partial charge in [0.1, 0.15) is 5.54 Å². The van der Waals surface area contributed by atoms with Gasteiger partial charge in [-0.1, -0.05) is 49.6 Å². The Morgan fingerprint density at radius 1 is 1.35 bits per heavy atom. The third-order valence-corrected chi connectivity index (χ3v) is 5.56. The van der Waals surface area contributed by atoms with Gasteiger partial charge in [-0.15, -0.1) is 11.8 Å². The Labute approximate surface area is 142 Å². The predicted molar refractivity (Wildman–Crippen MR) is 92.9 cm³/mol. The van der Waals surface area contributed by atoms with Crippen LogP contribution in [0.2, 0.25) is 0 Å². The van der Waals surface area contributed by atoms with Crippen LogP contribution < -0.4 is 5.32 Å². The fourth-order valence-corrected chi connectivity index (χ4v) is 3.71. The molecule has 1 aliphatic carbocycles. The van der Waals surface area contributed by atoms with Crippen molar-refractivity contribution in [3.63, 3.8) is 0 Å². The highest BCUT2D eigenvalue weighted by atomic mass is 32.2. The molecule has 1 saturated carbocycles. The van der Waals surface area contributed by atoms with Crippen LogP contribution >= 0.6 is 11.8 Å². The van der Waals surface area contributed by atoms with E-state index < -0.39 is 11.6 Å². The van der Waals surface area contributed by atoms with Crippen LogP contribution in [0.5, 0.6) is 0 Å². The minimum atomic E-state index is -0.692. The Morgan fingerprint density at radius 2 is 2.00 bits per heavy atom. The SMILES string of the molecule is CC(SCC(O)c1ccccc1)C(=O)NC1(C#N)CCCCC1. The molecule has 0 bridgehead atoms. The minimum Gasteiger partial charge on any atom is -0.388 e. The standard InChI is InChI=1S/C18H24N2O2S/c1-14(23-12-16(21)15-8-4-2-5-9-15)17(22)20-18(13-19)10-6-3-7-11-18/h2,4-5,8-9,14,16,21H,3,6-7,10-12H2,1H3,(H,20,22). The second kappa shape index (κ2) is 8.37. The molecule has 0 aromatic heterocycles. The van der Waals surface area contributed by atoms with E-state index >= 15 is 0 Å². The van der Waals surface area contributed by atoms with Crippen molar-refractivity contribution in [1.29, 1.82) is 5.26 Å². The third kappa shape index (κ3) is 4.98. The number of nitrogens with zero attached hydrogens (tertiary/aromatic N) is 1. The molecule has 2 atom stereocenters. The van der Waals surface area contributed by atoms with E-state index in [2.05, 4.69) is 11.4 Å². The molecular formula is C18H24N2O2S. The van der Waals surface area contributed by atoms with Crippen molar-refractivity contribution in [2.45, 2.75) is 55.9 Å². The van der Waals surface area contributed by atoms with Gasteiger partial charge in [-0.2, -0.15) is 5.26 Å². The maximum absolute atomic E-state index is 12.4. The Hall–Kier alpha value is -1.51. The molecule has 0 radical (unpaired) electrons. The molecule has 23 heavy (non-hydrogen) atoms. The molecule has 1 fully saturated rings. The smallest absolute Gasteiger partial charge is 0.234 e. The first-order chi connectivity index (χ1) is 11.1. The van der Waals surface area contributed by atoms with Gasteiger partial charge in [0.05, 0.1) is 17.4 Å². The van der Waals surface area contributed by atoms with Crippen LogP contribution in [-0.2, 0) is 4.79 Å². The van der Waals surface area contributed by atoms with Gasteiger partial charge >= 0.3 is 0 Å². The van der Waals surface area contributed by atoms with E-state index in [-0.39, 0.29) is 11.2 Å². The summed E-state index contributed by atoms with van der Waals surface area (Å²) in [5.41, 5.74) is 0.163. The van der Waals surface area contributed by atoms with Crippen molar-refractivity contribution in [3.8, 4) is 6.07 Å². The Morgan fingerprint density at radius 3 is 2.61 bits per heavy atom. The number of hydrogen-bond acceptors (Lipinski definition) is 4. The summed E-state index contributed by atoms with van der Waals surface area (Å²) in [6, 6.07) is 11.7. The lowest BCUT2D eigenvalue weighted by Gasteiger charge is -2.32. The Balaban J connectivity index is 1.84. The molecule has 1 aromatic carbocycles. The highest BCUT2D eigenvalue weighted by Gasteiger charge is 2.34. The van der Waals surface area contributed by atoms with Gasteiger partial charge in [0.25, 0.3) is 0 Å². The van der Waals surface area contributed by atoms with Crippen molar-refractivity contribution < 1.29 is 9.90 Å². The number of rotatable bonds is 6. The molecule has 2 rings (SSSR count). The van der Waals surface area contributed by atoms with Crippen LogP contribution in [0.15, 0.2) is 30.3 Å². The maximum Gasteiger partial charge on any atom is 0.234 e. The quantitative estimate of drug-likeness (QED) is 0.839. The van der Waals surface area contributed by atoms with Gasteiger partial charge in [-0.25, -0.2) is 0 Å². The number of aliphatic hydroxyl groups excluding tert-OH is 1. The Kier molecular flexibility index (Phi) is 6.49.